The smallest absolute Gasteiger partial charge is 0.251 e. The van der Waals surface area contributed by atoms with Gasteiger partial charge in [-0.05, 0) is 62.6 Å². The van der Waals surface area contributed by atoms with Gasteiger partial charge in [-0.1, -0.05) is 6.07 Å². The molecule has 0 saturated heterocycles. The quantitative estimate of drug-likeness (QED) is 0.631. The molecule has 25 heavy (non-hydrogen) atoms. The summed E-state index contributed by atoms with van der Waals surface area (Å²) >= 11 is 0. The predicted molar refractivity (Wildman–Crippen MR) is 99.3 cm³/mol. The highest BCUT2D eigenvalue weighted by molar-refractivity contribution is 7.89. The van der Waals surface area contributed by atoms with E-state index < -0.39 is 15.6 Å². The van der Waals surface area contributed by atoms with Crippen molar-refractivity contribution in [1.29, 1.82) is 0 Å². The normalized spacial score (nSPS) is 19.6. The summed E-state index contributed by atoms with van der Waals surface area (Å²) in [5.41, 5.74) is 5.73. The van der Waals surface area contributed by atoms with Gasteiger partial charge in [0.2, 0.25) is 10.0 Å². The van der Waals surface area contributed by atoms with Gasteiger partial charge in [0.25, 0.3) is 5.91 Å². The van der Waals surface area contributed by atoms with Crippen molar-refractivity contribution in [2.24, 2.45) is 17.6 Å². The number of nitrogens with two attached hydrogens (primary N) is 1. The Bertz CT molecular complexity index is 732. The Balaban J connectivity index is 0.00000225. The fourth-order valence-electron chi connectivity index (χ4n) is 2.81. The van der Waals surface area contributed by atoms with E-state index in [2.05, 4.69) is 10.0 Å². The molecule has 1 aromatic rings. The highest BCUT2D eigenvalue weighted by Gasteiger charge is 2.41. The third kappa shape index (κ3) is 4.94. The highest BCUT2D eigenvalue weighted by atomic mass is 35.5. The van der Waals surface area contributed by atoms with E-state index in [1.165, 1.54) is 12.1 Å². The molecule has 0 aromatic heterocycles. The molecule has 0 radical (unpaired) electrons. The van der Waals surface area contributed by atoms with E-state index >= 15 is 0 Å². The number of benzene rings is 1. The lowest BCUT2D eigenvalue weighted by atomic mass is 9.95. The van der Waals surface area contributed by atoms with E-state index in [4.69, 9.17) is 5.73 Å². The van der Waals surface area contributed by atoms with E-state index in [-0.39, 0.29) is 23.2 Å². The molecule has 6 nitrogen and oxygen atoms in total. The molecular formula is C17H26ClN3O3S. The lowest BCUT2D eigenvalue weighted by molar-refractivity contribution is 0.0897. The van der Waals surface area contributed by atoms with Gasteiger partial charge >= 0.3 is 0 Å². The molecule has 2 aliphatic rings. The topological polar surface area (TPSA) is 101 Å². The van der Waals surface area contributed by atoms with Gasteiger partial charge in [-0.2, -0.15) is 0 Å². The Morgan fingerprint density at radius 1 is 1.28 bits per heavy atom. The van der Waals surface area contributed by atoms with Crippen LogP contribution >= 0.6 is 12.4 Å². The first kappa shape index (κ1) is 20.2. The Morgan fingerprint density at radius 3 is 2.52 bits per heavy atom. The minimum absolute atomic E-state index is 0. The average molecular weight is 388 g/mol. The minimum Gasteiger partial charge on any atom is -0.345 e. The van der Waals surface area contributed by atoms with E-state index in [0.29, 0.717) is 30.5 Å². The molecule has 2 saturated carbocycles. The Morgan fingerprint density at radius 2 is 1.96 bits per heavy atom. The third-order valence-corrected chi connectivity index (χ3v) is 6.39. The van der Waals surface area contributed by atoms with E-state index in [0.717, 1.165) is 25.7 Å². The second-order valence-corrected chi connectivity index (χ2v) is 8.94. The van der Waals surface area contributed by atoms with E-state index in [1.54, 1.807) is 12.1 Å². The number of nitrogens with one attached hydrogen (secondary N) is 2. The van der Waals surface area contributed by atoms with Crippen molar-refractivity contribution in [3.8, 4) is 0 Å². The van der Waals surface area contributed by atoms with Crippen molar-refractivity contribution in [2.75, 3.05) is 13.1 Å². The summed E-state index contributed by atoms with van der Waals surface area (Å²) in [6, 6.07) is 6.15. The number of carbonyl (C=O) groups excluding carboxylic acids is 1. The summed E-state index contributed by atoms with van der Waals surface area (Å²) in [7, 11) is -3.58. The maximum Gasteiger partial charge on any atom is 0.251 e. The number of sulfonamides is 1. The van der Waals surface area contributed by atoms with Crippen LogP contribution in [-0.4, -0.2) is 33.0 Å². The first-order valence-corrected chi connectivity index (χ1v) is 9.95. The zero-order valence-corrected chi connectivity index (χ0v) is 16.0. The predicted octanol–water partition coefficient (Wildman–Crippen LogP) is 1.65. The van der Waals surface area contributed by atoms with Gasteiger partial charge in [-0.3, -0.25) is 4.79 Å². The molecular weight excluding hydrogens is 362 g/mol. The van der Waals surface area contributed by atoms with Gasteiger partial charge in [-0.15, -0.1) is 12.4 Å². The van der Waals surface area contributed by atoms with Gasteiger partial charge in [0.05, 0.1) is 10.4 Å². The summed E-state index contributed by atoms with van der Waals surface area (Å²) in [4.78, 5) is 12.6. The van der Waals surface area contributed by atoms with Crippen LogP contribution in [0.3, 0.4) is 0 Å². The fraction of sp³-hybridized carbons (Fsp3) is 0.588. The molecule has 1 atom stereocenters. The van der Waals surface area contributed by atoms with Crippen molar-refractivity contribution >= 4 is 28.3 Å². The van der Waals surface area contributed by atoms with Gasteiger partial charge in [0.1, 0.15) is 0 Å². The summed E-state index contributed by atoms with van der Waals surface area (Å²) in [6.07, 6.45) is 4.27. The van der Waals surface area contributed by atoms with Gasteiger partial charge < -0.3 is 11.1 Å². The van der Waals surface area contributed by atoms with Crippen molar-refractivity contribution < 1.29 is 13.2 Å². The van der Waals surface area contributed by atoms with Crippen LogP contribution in [0.1, 0.15) is 43.0 Å². The lowest BCUT2D eigenvalue weighted by Crippen LogP contribution is -2.53. The van der Waals surface area contributed by atoms with Crippen LogP contribution in [0.4, 0.5) is 0 Å². The number of halogens is 1. The molecule has 1 amide bonds. The zero-order valence-electron chi connectivity index (χ0n) is 14.3. The van der Waals surface area contributed by atoms with Gasteiger partial charge in [-0.25, -0.2) is 13.1 Å². The van der Waals surface area contributed by atoms with Crippen molar-refractivity contribution in [3.63, 3.8) is 0 Å². The Kier molecular flexibility index (Phi) is 6.14. The Labute approximate surface area is 155 Å². The summed E-state index contributed by atoms with van der Waals surface area (Å²) < 4.78 is 27.3. The first-order chi connectivity index (χ1) is 11.3. The van der Waals surface area contributed by atoms with Gasteiger partial charge in [0, 0.05) is 18.7 Å². The number of rotatable bonds is 8. The third-order valence-electron chi connectivity index (χ3n) is 4.97. The molecule has 4 N–H and O–H groups in total. The summed E-state index contributed by atoms with van der Waals surface area (Å²) in [5.74, 6) is 0.572. The fourth-order valence-corrected chi connectivity index (χ4v) is 3.97. The van der Waals surface area contributed by atoms with Crippen molar-refractivity contribution in [3.05, 3.63) is 29.8 Å². The van der Waals surface area contributed by atoms with Crippen molar-refractivity contribution in [2.45, 2.75) is 43.0 Å². The lowest BCUT2D eigenvalue weighted by Gasteiger charge is -2.29. The van der Waals surface area contributed by atoms with Crippen LogP contribution in [0.15, 0.2) is 29.2 Å². The van der Waals surface area contributed by atoms with Crippen LogP contribution in [0.25, 0.3) is 0 Å². The van der Waals surface area contributed by atoms with Crippen LogP contribution in [0, 0.1) is 11.8 Å². The van der Waals surface area contributed by atoms with Crippen LogP contribution in [-0.2, 0) is 10.0 Å². The molecule has 3 rings (SSSR count). The summed E-state index contributed by atoms with van der Waals surface area (Å²) in [5, 5.41) is 2.98. The van der Waals surface area contributed by atoms with E-state index in [9.17, 15) is 13.2 Å². The second kappa shape index (κ2) is 7.61. The summed E-state index contributed by atoms with van der Waals surface area (Å²) in [6.45, 7) is 2.77. The number of hydrogen-bond acceptors (Lipinski definition) is 4. The maximum atomic E-state index is 12.5. The molecule has 140 valence electrons. The minimum atomic E-state index is -3.58. The monoisotopic (exact) mass is 387 g/mol. The molecule has 8 heteroatoms. The molecule has 1 aromatic carbocycles. The maximum absolute atomic E-state index is 12.5. The number of carbonyl (C=O) groups is 1. The highest BCUT2D eigenvalue weighted by Crippen LogP contribution is 2.39. The standard InChI is InChI=1S/C17H25N3O3S.ClH/c1-17(11-18,14-7-8-14)20-16(21)13-3-2-4-15(9-13)24(22,23)19-10-12-5-6-12;/h2-4,9,12,14,19H,5-8,10-11,18H2,1H3,(H,20,21);1H. The van der Waals surface area contributed by atoms with Gasteiger partial charge in [0.15, 0.2) is 0 Å². The molecule has 1 unspecified atom stereocenters. The van der Waals surface area contributed by atoms with Crippen LogP contribution < -0.4 is 15.8 Å². The zero-order chi connectivity index (χ0) is 17.4. The SMILES string of the molecule is CC(CN)(NC(=O)c1cccc(S(=O)(=O)NCC2CC2)c1)C1CC1.Cl. The average Bonchev–Trinajstić information content (AvgIpc) is 3.45. The van der Waals surface area contributed by atoms with Crippen LogP contribution in [0.5, 0.6) is 0 Å². The van der Waals surface area contributed by atoms with Crippen molar-refractivity contribution in [1.82, 2.24) is 10.0 Å². The van der Waals surface area contributed by atoms with Crippen LogP contribution in [0.2, 0.25) is 0 Å². The van der Waals surface area contributed by atoms with E-state index in [1.807, 2.05) is 6.92 Å². The first-order valence-electron chi connectivity index (χ1n) is 8.46. The molecule has 0 bridgehead atoms. The number of hydrogen-bond donors (Lipinski definition) is 3. The molecule has 2 aliphatic carbocycles. The molecule has 0 spiro atoms. The molecule has 0 heterocycles. The molecule has 0 aliphatic heterocycles. The Hall–Kier alpha value is -1.15. The molecule has 2 fully saturated rings. The number of amides is 1. The largest absolute Gasteiger partial charge is 0.345 e. The second-order valence-electron chi connectivity index (χ2n) is 7.17.